The predicted octanol–water partition coefficient (Wildman–Crippen LogP) is 2.30. The monoisotopic (exact) mass is 291 g/mol. The van der Waals surface area contributed by atoms with Crippen LogP contribution in [0, 0.1) is 0 Å². The van der Waals surface area contributed by atoms with Crippen molar-refractivity contribution in [3.05, 3.63) is 40.4 Å². The van der Waals surface area contributed by atoms with Crippen molar-refractivity contribution in [1.82, 2.24) is 20.2 Å². The molecule has 0 saturated heterocycles. The zero-order valence-electron chi connectivity index (χ0n) is 11.2. The third-order valence-corrected chi connectivity index (χ3v) is 3.05. The second-order valence-corrected chi connectivity index (χ2v) is 4.45. The van der Waals surface area contributed by atoms with Crippen LogP contribution < -0.4 is 5.32 Å². The summed E-state index contributed by atoms with van der Waals surface area (Å²) in [4.78, 5) is 20.2. The van der Waals surface area contributed by atoms with Gasteiger partial charge in [-0.15, -0.1) is 10.2 Å². The number of hydrogen-bond donors (Lipinski definition) is 1. The maximum Gasteiger partial charge on any atom is 0.259 e. The largest absolute Gasteiger partial charge is 0.289 e. The van der Waals surface area contributed by atoms with Crippen LogP contribution >= 0.6 is 11.6 Å². The Morgan fingerprint density at radius 2 is 2.00 bits per heavy atom. The van der Waals surface area contributed by atoms with E-state index in [1.54, 1.807) is 0 Å². The van der Waals surface area contributed by atoms with Crippen molar-refractivity contribution in [3.8, 4) is 0 Å². The molecule has 0 radical (unpaired) electrons. The van der Waals surface area contributed by atoms with Gasteiger partial charge in [-0.3, -0.25) is 15.1 Å². The van der Waals surface area contributed by atoms with Crippen molar-refractivity contribution < 1.29 is 4.79 Å². The first kappa shape index (κ1) is 14.3. The minimum absolute atomic E-state index is 0.178. The highest BCUT2D eigenvalue weighted by Crippen LogP contribution is 2.15. The Labute approximate surface area is 121 Å². The number of anilines is 1. The van der Waals surface area contributed by atoms with Gasteiger partial charge >= 0.3 is 0 Å². The zero-order chi connectivity index (χ0) is 14.5. The first-order valence-electron chi connectivity index (χ1n) is 6.29. The number of aryl methyl sites for hydroxylation is 2. The maximum absolute atomic E-state index is 12.1. The summed E-state index contributed by atoms with van der Waals surface area (Å²) in [5, 5.41) is 10.8. The van der Waals surface area contributed by atoms with E-state index in [9.17, 15) is 4.79 Å². The number of halogens is 1. The molecule has 1 N–H and O–H groups in total. The summed E-state index contributed by atoms with van der Waals surface area (Å²) in [7, 11) is 0. The quantitative estimate of drug-likeness (QED) is 0.935. The smallest absolute Gasteiger partial charge is 0.259 e. The minimum atomic E-state index is -0.384. The summed E-state index contributed by atoms with van der Waals surface area (Å²) >= 11 is 5.91. The van der Waals surface area contributed by atoms with E-state index in [1.807, 2.05) is 13.8 Å². The van der Waals surface area contributed by atoms with E-state index < -0.39 is 0 Å². The van der Waals surface area contributed by atoms with Crippen LogP contribution in [0.4, 0.5) is 5.95 Å². The topological polar surface area (TPSA) is 80.7 Å². The van der Waals surface area contributed by atoms with Crippen molar-refractivity contribution in [3.63, 3.8) is 0 Å². The fourth-order valence-corrected chi connectivity index (χ4v) is 1.92. The molecule has 7 heteroatoms. The van der Waals surface area contributed by atoms with E-state index in [1.165, 1.54) is 18.5 Å². The molecule has 0 aromatic carbocycles. The van der Waals surface area contributed by atoms with Gasteiger partial charge in [-0.1, -0.05) is 25.4 Å². The molecule has 2 rings (SSSR count). The van der Waals surface area contributed by atoms with Crippen LogP contribution in [0.2, 0.25) is 5.02 Å². The summed E-state index contributed by atoms with van der Waals surface area (Å²) in [5.41, 5.74) is 1.99. The van der Waals surface area contributed by atoms with E-state index in [0.717, 1.165) is 24.2 Å². The van der Waals surface area contributed by atoms with Crippen molar-refractivity contribution in [2.24, 2.45) is 0 Å². The van der Waals surface area contributed by atoms with Gasteiger partial charge in [0, 0.05) is 12.4 Å². The van der Waals surface area contributed by atoms with E-state index >= 15 is 0 Å². The highest BCUT2D eigenvalue weighted by atomic mass is 35.5. The summed E-state index contributed by atoms with van der Waals surface area (Å²) < 4.78 is 0. The lowest BCUT2D eigenvalue weighted by molar-refractivity contribution is 0.102. The molecule has 104 valence electrons. The first-order valence-corrected chi connectivity index (χ1v) is 6.66. The van der Waals surface area contributed by atoms with Gasteiger partial charge in [0.25, 0.3) is 5.91 Å². The molecule has 2 aromatic rings. The molecule has 0 spiro atoms. The number of rotatable bonds is 4. The van der Waals surface area contributed by atoms with Crippen molar-refractivity contribution in [2.45, 2.75) is 26.7 Å². The number of carbonyl (C=O) groups excluding carboxylic acids is 1. The molecule has 0 bridgehead atoms. The molecule has 2 heterocycles. The summed E-state index contributed by atoms with van der Waals surface area (Å²) in [5.74, 6) is -0.206. The van der Waals surface area contributed by atoms with Crippen molar-refractivity contribution in [2.75, 3.05) is 5.32 Å². The van der Waals surface area contributed by atoms with Crippen LogP contribution in [0.15, 0.2) is 18.5 Å². The van der Waals surface area contributed by atoms with Crippen molar-refractivity contribution >= 4 is 23.5 Å². The van der Waals surface area contributed by atoms with E-state index in [4.69, 9.17) is 11.6 Å². The molecule has 20 heavy (non-hydrogen) atoms. The van der Waals surface area contributed by atoms with E-state index in [2.05, 4.69) is 25.5 Å². The van der Waals surface area contributed by atoms with Gasteiger partial charge in [0.15, 0.2) is 0 Å². The Morgan fingerprint density at radius 1 is 1.25 bits per heavy atom. The van der Waals surface area contributed by atoms with E-state index in [-0.39, 0.29) is 16.9 Å². The standard InChI is InChI=1S/C13H14ClN5O/c1-3-10-11(4-2)18-19-13(16-10)17-12(20)8-5-6-15-7-9(8)14/h5-7H,3-4H2,1-2H3,(H,16,17,19,20). The molecular weight excluding hydrogens is 278 g/mol. The molecule has 2 aromatic heterocycles. The van der Waals surface area contributed by atoms with Gasteiger partial charge < -0.3 is 0 Å². The Morgan fingerprint density at radius 3 is 2.65 bits per heavy atom. The minimum Gasteiger partial charge on any atom is -0.289 e. The number of nitrogens with one attached hydrogen (secondary N) is 1. The van der Waals surface area contributed by atoms with Gasteiger partial charge in [-0.05, 0) is 18.9 Å². The lowest BCUT2D eigenvalue weighted by atomic mass is 10.2. The number of aromatic nitrogens is 4. The van der Waals surface area contributed by atoms with Gasteiger partial charge in [0.2, 0.25) is 5.95 Å². The SMILES string of the molecule is CCc1nnc(NC(=O)c2ccncc2Cl)nc1CC. The normalized spacial score (nSPS) is 10.3. The molecule has 0 unspecified atom stereocenters. The molecule has 1 amide bonds. The number of pyridine rings is 1. The van der Waals surface area contributed by atoms with Gasteiger partial charge in [-0.2, -0.15) is 0 Å². The lowest BCUT2D eigenvalue weighted by Gasteiger charge is -2.07. The number of hydrogen-bond acceptors (Lipinski definition) is 5. The summed E-state index contributed by atoms with van der Waals surface area (Å²) in [6.07, 6.45) is 4.40. The molecular formula is C13H14ClN5O. The first-order chi connectivity index (χ1) is 9.65. The number of amides is 1. The fraction of sp³-hybridized carbons (Fsp3) is 0.308. The number of carbonyl (C=O) groups is 1. The Balaban J connectivity index is 2.22. The van der Waals surface area contributed by atoms with Crippen LogP contribution in [-0.4, -0.2) is 26.1 Å². The third-order valence-electron chi connectivity index (χ3n) is 2.75. The highest BCUT2D eigenvalue weighted by molar-refractivity contribution is 6.34. The molecule has 0 fully saturated rings. The molecule has 0 aliphatic carbocycles. The van der Waals surface area contributed by atoms with Gasteiger partial charge in [0.1, 0.15) is 0 Å². The maximum atomic E-state index is 12.1. The Bertz CT molecular complexity index is 632. The van der Waals surface area contributed by atoms with Crippen LogP contribution in [0.5, 0.6) is 0 Å². The van der Waals surface area contributed by atoms with Crippen LogP contribution in [0.25, 0.3) is 0 Å². The van der Waals surface area contributed by atoms with Crippen LogP contribution in [0.3, 0.4) is 0 Å². The van der Waals surface area contributed by atoms with E-state index in [0.29, 0.717) is 5.56 Å². The molecule has 0 aliphatic rings. The van der Waals surface area contributed by atoms with Crippen LogP contribution in [0.1, 0.15) is 35.6 Å². The fourth-order valence-electron chi connectivity index (χ4n) is 1.72. The van der Waals surface area contributed by atoms with Gasteiger partial charge in [-0.25, -0.2) is 4.98 Å². The summed E-state index contributed by atoms with van der Waals surface area (Å²) in [6, 6.07) is 1.53. The second-order valence-electron chi connectivity index (χ2n) is 4.05. The Hall–Kier alpha value is -2.08. The van der Waals surface area contributed by atoms with Crippen molar-refractivity contribution in [1.29, 1.82) is 0 Å². The summed E-state index contributed by atoms with van der Waals surface area (Å²) in [6.45, 7) is 3.97. The molecule has 0 aliphatic heterocycles. The number of nitrogens with zero attached hydrogens (tertiary/aromatic N) is 4. The predicted molar refractivity (Wildman–Crippen MR) is 75.8 cm³/mol. The average Bonchev–Trinajstić information content (AvgIpc) is 2.47. The molecule has 0 saturated carbocycles. The second kappa shape index (κ2) is 6.38. The zero-order valence-corrected chi connectivity index (χ0v) is 12.0. The van der Waals surface area contributed by atoms with Crippen LogP contribution in [-0.2, 0) is 12.8 Å². The molecule has 6 nitrogen and oxygen atoms in total. The lowest BCUT2D eigenvalue weighted by Crippen LogP contribution is -2.17. The average molecular weight is 292 g/mol. The van der Waals surface area contributed by atoms with Gasteiger partial charge in [0.05, 0.1) is 22.0 Å². The highest BCUT2D eigenvalue weighted by Gasteiger charge is 2.13. The molecule has 0 atom stereocenters. The third kappa shape index (κ3) is 3.08. The Kier molecular flexibility index (Phi) is 4.57.